The topological polar surface area (TPSA) is 32.9 Å². The summed E-state index contributed by atoms with van der Waals surface area (Å²) in [5.41, 5.74) is 1.30. The van der Waals surface area contributed by atoms with Gasteiger partial charge in [-0.25, -0.2) is 10.3 Å². The lowest BCUT2D eigenvalue weighted by Gasteiger charge is -2.36. The van der Waals surface area contributed by atoms with Gasteiger partial charge < -0.3 is 9.80 Å². The Bertz CT molecular complexity index is 430. The minimum Gasteiger partial charge on any atom is -0.368 e. The highest BCUT2D eigenvalue weighted by Crippen LogP contribution is 2.15. The van der Waals surface area contributed by atoms with Crippen molar-refractivity contribution in [2.24, 2.45) is 4.99 Å². The molecule has 17 heavy (non-hydrogen) atoms. The summed E-state index contributed by atoms with van der Waals surface area (Å²) >= 11 is 0. The molecule has 0 spiro atoms. The summed E-state index contributed by atoms with van der Waals surface area (Å²) in [5.74, 6) is 0.859. The molecule has 2 aliphatic rings. The Balaban J connectivity index is 1.61. The van der Waals surface area contributed by atoms with Gasteiger partial charge in [-0.15, -0.1) is 0 Å². The molecule has 1 aromatic carbocycles. The van der Waals surface area contributed by atoms with Crippen molar-refractivity contribution in [2.75, 3.05) is 31.1 Å². The van der Waals surface area contributed by atoms with Crippen molar-refractivity contribution < 1.29 is 0 Å². The van der Waals surface area contributed by atoms with Crippen LogP contribution in [0.25, 0.3) is 0 Å². The molecule has 0 unspecified atom stereocenters. The van der Waals surface area contributed by atoms with Crippen LogP contribution in [0.5, 0.6) is 0 Å². The molecule has 1 radical (unpaired) electrons. The van der Waals surface area contributed by atoms with Crippen LogP contribution in [0.2, 0.25) is 0 Å². The van der Waals surface area contributed by atoms with Crippen LogP contribution in [0.15, 0.2) is 47.7 Å². The molecule has 1 fully saturated rings. The average Bonchev–Trinajstić information content (AvgIpc) is 2.94. The van der Waals surface area contributed by atoms with Gasteiger partial charge in [-0.2, -0.15) is 0 Å². The number of benzene rings is 1. The maximum absolute atomic E-state index is 4.23. The lowest BCUT2D eigenvalue weighted by Crippen LogP contribution is -2.50. The summed E-state index contributed by atoms with van der Waals surface area (Å²) in [6.07, 6.45) is 3.50. The van der Waals surface area contributed by atoms with Crippen molar-refractivity contribution in [3.05, 3.63) is 42.7 Å². The lowest BCUT2D eigenvalue weighted by atomic mass is 10.2. The van der Waals surface area contributed by atoms with Crippen LogP contribution in [-0.2, 0) is 0 Å². The van der Waals surface area contributed by atoms with E-state index in [9.17, 15) is 0 Å². The minimum atomic E-state index is 0.859. The Kier molecular flexibility index (Phi) is 2.69. The Hall–Kier alpha value is -1.97. The quantitative estimate of drug-likeness (QED) is 0.723. The molecule has 87 valence electrons. The van der Waals surface area contributed by atoms with E-state index in [0.717, 1.165) is 32.1 Å². The average molecular weight is 227 g/mol. The van der Waals surface area contributed by atoms with E-state index in [0.29, 0.717) is 0 Å². The Morgan fingerprint density at radius 2 is 1.53 bits per heavy atom. The Morgan fingerprint density at radius 1 is 0.824 bits per heavy atom. The van der Waals surface area contributed by atoms with Crippen molar-refractivity contribution in [3.8, 4) is 0 Å². The zero-order valence-corrected chi connectivity index (χ0v) is 9.66. The van der Waals surface area contributed by atoms with Crippen LogP contribution in [0.3, 0.4) is 0 Å². The fourth-order valence-corrected chi connectivity index (χ4v) is 2.20. The lowest BCUT2D eigenvalue weighted by molar-refractivity contribution is 0.378. The molecule has 4 heteroatoms. The number of para-hydroxylation sites is 1. The zero-order chi connectivity index (χ0) is 11.5. The highest BCUT2D eigenvalue weighted by Gasteiger charge is 2.20. The third kappa shape index (κ3) is 2.11. The second-order valence-corrected chi connectivity index (χ2v) is 4.17. The van der Waals surface area contributed by atoms with Gasteiger partial charge in [0.1, 0.15) is 0 Å². The first-order valence-corrected chi connectivity index (χ1v) is 5.92. The molecule has 0 aliphatic carbocycles. The van der Waals surface area contributed by atoms with Crippen molar-refractivity contribution in [1.29, 1.82) is 0 Å². The Labute approximate surface area is 101 Å². The van der Waals surface area contributed by atoms with Gasteiger partial charge in [0.15, 0.2) is 0 Å². The predicted molar refractivity (Wildman–Crippen MR) is 68.9 cm³/mol. The van der Waals surface area contributed by atoms with Crippen molar-refractivity contribution in [2.45, 2.75) is 0 Å². The van der Waals surface area contributed by atoms with Crippen LogP contribution in [0.1, 0.15) is 0 Å². The number of aliphatic imine (C=N–C) groups is 1. The van der Waals surface area contributed by atoms with Crippen molar-refractivity contribution in [1.82, 2.24) is 10.2 Å². The molecule has 2 heterocycles. The van der Waals surface area contributed by atoms with Crippen LogP contribution >= 0.6 is 0 Å². The second-order valence-electron chi connectivity index (χ2n) is 4.17. The molecule has 4 nitrogen and oxygen atoms in total. The van der Waals surface area contributed by atoms with Gasteiger partial charge in [0.2, 0.25) is 5.96 Å². The third-order valence-electron chi connectivity index (χ3n) is 3.13. The van der Waals surface area contributed by atoms with Crippen LogP contribution in [0.4, 0.5) is 5.69 Å². The molecule has 0 amide bonds. The second kappa shape index (κ2) is 4.49. The van der Waals surface area contributed by atoms with E-state index in [1.54, 1.807) is 12.4 Å². The van der Waals surface area contributed by atoms with Crippen LogP contribution in [-0.4, -0.2) is 37.0 Å². The van der Waals surface area contributed by atoms with Gasteiger partial charge in [0.25, 0.3) is 0 Å². The molecule has 1 saturated heterocycles. The smallest absolute Gasteiger partial charge is 0.225 e. The fourth-order valence-electron chi connectivity index (χ4n) is 2.20. The van der Waals surface area contributed by atoms with E-state index < -0.39 is 0 Å². The normalized spacial score (nSPS) is 19.2. The summed E-state index contributed by atoms with van der Waals surface area (Å²) in [6.45, 7) is 4.02. The number of rotatable bonds is 1. The van der Waals surface area contributed by atoms with Gasteiger partial charge in [0, 0.05) is 44.3 Å². The van der Waals surface area contributed by atoms with Gasteiger partial charge in [-0.1, -0.05) is 18.2 Å². The van der Waals surface area contributed by atoms with Gasteiger partial charge >= 0.3 is 0 Å². The highest BCUT2D eigenvalue weighted by molar-refractivity contribution is 5.83. The first-order chi connectivity index (χ1) is 8.43. The largest absolute Gasteiger partial charge is 0.368 e. The number of hydrogen-bond donors (Lipinski definition) is 0. The van der Waals surface area contributed by atoms with E-state index in [4.69, 9.17) is 0 Å². The van der Waals surface area contributed by atoms with Gasteiger partial charge in [-0.05, 0) is 12.1 Å². The number of hydrogen-bond acceptors (Lipinski definition) is 3. The van der Waals surface area contributed by atoms with E-state index in [1.165, 1.54) is 5.69 Å². The van der Waals surface area contributed by atoms with E-state index in [-0.39, 0.29) is 0 Å². The highest BCUT2D eigenvalue weighted by atomic mass is 15.4. The minimum absolute atomic E-state index is 0.859. The standard InChI is InChI=1S/C13H15N4/c1-2-4-12(5-3-1)16-8-10-17(11-9-16)13-14-6-7-15-13/h1-7H,8-11H2. The predicted octanol–water partition coefficient (Wildman–Crippen LogP) is 1.25. The Morgan fingerprint density at radius 3 is 2.18 bits per heavy atom. The molecular weight excluding hydrogens is 212 g/mol. The van der Waals surface area contributed by atoms with Gasteiger partial charge in [0.05, 0.1) is 0 Å². The summed E-state index contributed by atoms with van der Waals surface area (Å²) < 4.78 is 0. The molecule has 0 atom stereocenters. The van der Waals surface area contributed by atoms with E-state index >= 15 is 0 Å². The number of nitrogens with zero attached hydrogens (tertiary/aromatic N) is 4. The maximum atomic E-state index is 4.23. The van der Waals surface area contributed by atoms with Crippen molar-refractivity contribution >= 4 is 11.6 Å². The summed E-state index contributed by atoms with van der Waals surface area (Å²) in [4.78, 5) is 8.87. The van der Waals surface area contributed by atoms with Crippen molar-refractivity contribution in [3.63, 3.8) is 0 Å². The maximum Gasteiger partial charge on any atom is 0.225 e. The first-order valence-electron chi connectivity index (χ1n) is 5.92. The third-order valence-corrected chi connectivity index (χ3v) is 3.13. The molecular formula is C13H15N4. The molecule has 1 aromatic rings. The fraction of sp³-hybridized carbons (Fsp3) is 0.308. The van der Waals surface area contributed by atoms with Crippen LogP contribution < -0.4 is 10.2 Å². The molecule has 0 aromatic heterocycles. The molecule has 2 aliphatic heterocycles. The zero-order valence-electron chi connectivity index (χ0n) is 9.66. The summed E-state index contributed by atoms with van der Waals surface area (Å²) in [6, 6.07) is 10.5. The van der Waals surface area contributed by atoms with Gasteiger partial charge in [-0.3, -0.25) is 0 Å². The summed E-state index contributed by atoms with van der Waals surface area (Å²) in [5, 5.41) is 4.23. The molecule has 3 rings (SSSR count). The van der Waals surface area contributed by atoms with Crippen LogP contribution in [0, 0.1) is 0 Å². The monoisotopic (exact) mass is 227 g/mol. The van der Waals surface area contributed by atoms with E-state index in [1.807, 2.05) is 0 Å². The number of anilines is 1. The molecule has 0 saturated carbocycles. The van der Waals surface area contributed by atoms with E-state index in [2.05, 4.69) is 50.4 Å². The first kappa shape index (κ1) is 10.2. The summed E-state index contributed by atoms with van der Waals surface area (Å²) in [7, 11) is 0. The molecule has 0 bridgehead atoms. The number of piperazine rings is 1. The molecule has 0 N–H and O–H groups in total. The number of guanidine groups is 1. The SMILES string of the molecule is C1=CN=C(N2CCN(c3ccccc3)CC2)[N]1.